The molecule has 0 spiro atoms. The average molecular weight is 315 g/mol. The van der Waals surface area contributed by atoms with Crippen LogP contribution in [-0.4, -0.2) is 29.9 Å². The zero-order valence-electron chi connectivity index (χ0n) is 13.9. The molecule has 1 fully saturated rings. The number of ether oxygens (including phenoxy) is 2. The minimum Gasteiger partial charge on any atom is -0.496 e. The smallest absolute Gasteiger partial charge is 0.125 e. The van der Waals surface area contributed by atoms with Crippen LogP contribution < -0.4 is 10.1 Å². The minimum atomic E-state index is 0.226. The van der Waals surface area contributed by atoms with Gasteiger partial charge in [-0.3, -0.25) is 0 Å². The lowest BCUT2D eigenvalue weighted by atomic mass is 9.91. The lowest BCUT2D eigenvalue weighted by Crippen LogP contribution is -2.33. The Morgan fingerprint density at radius 2 is 2.13 bits per heavy atom. The van der Waals surface area contributed by atoms with Crippen LogP contribution in [0.1, 0.15) is 30.3 Å². The molecule has 1 aromatic carbocycles. The Bertz CT molecular complexity index is 620. The number of imidazole rings is 1. The lowest BCUT2D eigenvalue weighted by Gasteiger charge is -2.31. The second kappa shape index (κ2) is 7.62. The SMILES string of the molecule is COc1ccccc1CNC(c1nccn1C)C1CCOCC1. The van der Waals surface area contributed by atoms with Gasteiger partial charge in [0.25, 0.3) is 0 Å². The van der Waals surface area contributed by atoms with E-state index in [1.165, 1.54) is 5.56 Å². The van der Waals surface area contributed by atoms with E-state index in [1.54, 1.807) is 7.11 Å². The zero-order chi connectivity index (χ0) is 16.1. The summed E-state index contributed by atoms with van der Waals surface area (Å²) in [5.41, 5.74) is 1.17. The lowest BCUT2D eigenvalue weighted by molar-refractivity contribution is 0.0518. The molecule has 0 aliphatic carbocycles. The van der Waals surface area contributed by atoms with Crippen molar-refractivity contribution in [3.63, 3.8) is 0 Å². The van der Waals surface area contributed by atoms with Crippen molar-refractivity contribution < 1.29 is 9.47 Å². The van der Waals surface area contributed by atoms with Crippen LogP contribution in [0.25, 0.3) is 0 Å². The van der Waals surface area contributed by atoms with Gasteiger partial charge in [-0.15, -0.1) is 0 Å². The topological polar surface area (TPSA) is 48.3 Å². The molecule has 1 unspecified atom stereocenters. The summed E-state index contributed by atoms with van der Waals surface area (Å²) in [7, 11) is 3.77. The van der Waals surface area contributed by atoms with E-state index in [1.807, 2.05) is 30.6 Å². The first-order valence-electron chi connectivity index (χ1n) is 8.20. The second-order valence-electron chi connectivity index (χ2n) is 6.02. The summed E-state index contributed by atoms with van der Waals surface area (Å²) in [4.78, 5) is 4.57. The highest BCUT2D eigenvalue weighted by atomic mass is 16.5. The zero-order valence-corrected chi connectivity index (χ0v) is 13.9. The Kier molecular flexibility index (Phi) is 5.31. The van der Waals surface area contributed by atoms with E-state index in [4.69, 9.17) is 9.47 Å². The van der Waals surface area contributed by atoms with Gasteiger partial charge in [-0.1, -0.05) is 18.2 Å². The molecule has 0 radical (unpaired) electrons. The van der Waals surface area contributed by atoms with Gasteiger partial charge in [0.1, 0.15) is 11.6 Å². The maximum absolute atomic E-state index is 5.52. The van der Waals surface area contributed by atoms with Gasteiger partial charge in [-0.25, -0.2) is 4.98 Å². The van der Waals surface area contributed by atoms with Crippen molar-refractivity contribution in [2.75, 3.05) is 20.3 Å². The summed E-state index contributed by atoms with van der Waals surface area (Å²) in [5.74, 6) is 2.55. The van der Waals surface area contributed by atoms with Crippen molar-refractivity contribution in [1.29, 1.82) is 0 Å². The predicted octanol–water partition coefficient (Wildman–Crippen LogP) is 2.69. The van der Waals surface area contributed by atoms with Crippen LogP contribution in [0.2, 0.25) is 0 Å². The molecular weight excluding hydrogens is 290 g/mol. The summed E-state index contributed by atoms with van der Waals surface area (Å²) >= 11 is 0. The first-order chi connectivity index (χ1) is 11.3. The number of aryl methyl sites for hydroxylation is 1. The highest BCUT2D eigenvalue weighted by molar-refractivity contribution is 5.33. The van der Waals surface area contributed by atoms with Crippen molar-refractivity contribution >= 4 is 0 Å². The van der Waals surface area contributed by atoms with E-state index >= 15 is 0 Å². The summed E-state index contributed by atoms with van der Waals surface area (Å²) in [5, 5.41) is 3.70. The first-order valence-corrected chi connectivity index (χ1v) is 8.20. The predicted molar refractivity (Wildman–Crippen MR) is 89.3 cm³/mol. The van der Waals surface area contributed by atoms with E-state index in [0.717, 1.165) is 44.2 Å². The Labute approximate surface area is 137 Å². The molecule has 2 heterocycles. The molecule has 3 rings (SSSR count). The van der Waals surface area contributed by atoms with Gasteiger partial charge in [-0.05, 0) is 24.8 Å². The van der Waals surface area contributed by atoms with Gasteiger partial charge < -0.3 is 19.4 Å². The fourth-order valence-electron chi connectivity index (χ4n) is 3.26. The Balaban J connectivity index is 1.77. The fourth-order valence-corrected chi connectivity index (χ4v) is 3.26. The maximum atomic E-state index is 5.52. The van der Waals surface area contributed by atoms with E-state index in [-0.39, 0.29) is 6.04 Å². The minimum absolute atomic E-state index is 0.226. The molecule has 1 aliphatic heterocycles. The number of para-hydroxylation sites is 1. The number of hydrogen-bond donors (Lipinski definition) is 1. The van der Waals surface area contributed by atoms with Gasteiger partial charge in [0.15, 0.2) is 0 Å². The highest BCUT2D eigenvalue weighted by Gasteiger charge is 2.28. The van der Waals surface area contributed by atoms with Crippen molar-refractivity contribution in [3.8, 4) is 5.75 Å². The van der Waals surface area contributed by atoms with Gasteiger partial charge >= 0.3 is 0 Å². The monoisotopic (exact) mass is 315 g/mol. The van der Waals surface area contributed by atoms with Crippen molar-refractivity contribution in [2.24, 2.45) is 13.0 Å². The molecule has 0 saturated carbocycles. The summed E-state index contributed by atoms with van der Waals surface area (Å²) in [6.07, 6.45) is 6.01. The van der Waals surface area contributed by atoms with E-state index in [9.17, 15) is 0 Å². The maximum Gasteiger partial charge on any atom is 0.125 e. The number of aromatic nitrogens is 2. The Hall–Kier alpha value is -1.85. The van der Waals surface area contributed by atoms with Crippen LogP contribution in [0.3, 0.4) is 0 Å². The third-order valence-electron chi connectivity index (χ3n) is 4.58. The van der Waals surface area contributed by atoms with Gasteiger partial charge in [-0.2, -0.15) is 0 Å². The molecular formula is C18H25N3O2. The van der Waals surface area contributed by atoms with Gasteiger partial charge in [0.2, 0.25) is 0 Å². The quantitative estimate of drug-likeness (QED) is 0.890. The highest BCUT2D eigenvalue weighted by Crippen LogP contribution is 2.30. The Morgan fingerprint density at radius 1 is 1.35 bits per heavy atom. The summed E-state index contributed by atoms with van der Waals surface area (Å²) in [6, 6.07) is 8.37. The van der Waals surface area contributed by atoms with E-state index in [0.29, 0.717) is 5.92 Å². The molecule has 0 bridgehead atoms. The van der Waals surface area contributed by atoms with Crippen LogP contribution in [0, 0.1) is 5.92 Å². The normalized spacial score (nSPS) is 17.1. The third-order valence-corrected chi connectivity index (χ3v) is 4.58. The van der Waals surface area contributed by atoms with Crippen molar-refractivity contribution in [2.45, 2.75) is 25.4 Å². The van der Waals surface area contributed by atoms with Crippen molar-refractivity contribution in [1.82, 2.24) is 14.9 Å². The van der Waals surface area contributed by atoms with Crippen LogP contribution in [0.5, 0.6) is 5.75 Å². The number of methoxy groups -OCH3 is 1. The molecule has 1 aromatic heterocycles. The standard InChI is InChI=1S/C18H25N3O2/c1-21-10-9-19-18(21)17(14-7-11-23-12-8-14)20-13-15-5-3-4-6-16(15)22-2/h3-6,9-10,14,17,20H,7-8,11-13H2,1-2H3. The molecule has 124 valence electrons. The van der Waals surface area contributed by atoms with Crippen LogP contribution in [0.15, 0.2) is 36.7 Å². The molecule has 1 saturated heterocycles. The second-order valence-corrected chi connectivity index (χ2v) is 6.02. The fraction of sp³-hybridized carbons (Fsp3) is 0.500. The molecule has 0 amide bonds. The van der Waals surface area contributed by atoms with Crippen LogP contribution >= 0.6 is 0 Å². The van der Waals surface area contributed by atoms with E-state index < -0.39 is 0 Å². The van der Waals surface area contributed by atoms with Crippen LogP contribution in [0.4, 0.5) is 0 Å². The number of rotatable bonds is 6. The molecule has 5 heteroatoms. The number of benzene rings is 1. The number of hydrogen-bond acceptors (Lipinski definition) is 4. The largest absolute Gasteiger partial charge is 0.496 e. The third kappa shape index (κ3) is 3.74. The molecule has 1 aliphatic rings. The molecule has 1 atom stereocenters. The molecule has 1 N–H and O–H groups in total. The van der Waals surface area contributed by atoms with Gasteiger partial charge in [0, 0.05) is 44.8 Å². The van der Waals surface area contributed by atoms with Crippen molar-refractivity contribution in [3.05, 3.63) is 48.0 Å². The summed E-state index contributed by atoms with van der Waals surface area (Å²) in [6.45, 7) is 2.43. The average Bonchev–Trinajstić information content (AvgIpc) is 3.02. The molecule has 5 nitrogen and oxygen atoms in total. The molecule has 23 heavy (non-hydrogen) atoms. The van der Waals surface area contributed by atoms with Gasteiger partial charge in [0.05, 0.1) is 13.2 Å². The first kappa shape index (κ1) is 16.0. The Morgan fingerprint density at radius 3 is 2.83 bits per heavy atom. The summed E-state index contributed by atoms with van der Waals surface area (Å²) < 4.78 is 13.1. The number of nitrogens with one attached hydrogen (secondary N) is 1. The number of nitrogens with zero attached hydrogens (tertiary/aromatic N) is 2. The van der Waals surface area contributed by atoms with Crippen LogP contribution in [-0.2, 0) is 18.3 Å². The van der Waals surface area contributed by atoms with E-state index in [2.05, 4.69) is 28.0 Å². The molecule has 2 aromatic rings.